The van der Waals surface area contributed by atoms with Gasteiger partial charge in [0.25, 0.3) is 0 Å². The van der Waals surface area contributed by atoms with Gasteiger partial charge in [-0.05, 0) is 37.3 Å². The summed E-state index contributed by atoms with van der Waals surface area (Å²) in [7, 11) is -3.94. The summed E-state index contributed by atoms with van der Waals surface area (Å²) in [6.45, 7) is 1.50. The van der Waals surface area contributed by atoms with Crippen molar-refractivity contribution in [2.24, 2.45) is 5.92 Å². The van der Waals surface area contributed by atoms with Gasteiger partial charge >= 0.3 is 0 Å². The first kappa shape index (κ1) is 14.9. The predicted molar refractivity (Wildman–Crippen MR) is 72.2 cm³/mol. The van der Waals surface area contributed by atoms with Crippen LogP contribution in [-0.2, 0) is 14.8 Å². The molecule has 2 aliphatic rings. The Morgan fingerprint density at radius 2 is 2.00 bits per heavy atom. The van der Waals surface area contributed by atoms with E-state index in [2.05, 4.69) is 0 Å². The molecular weight excluding hydrogens is 300 g/mol. The van der Waals surface area contributed by atoms with Crippen LogP contribution in [0.25, 0.3) is 0 Å². The largest absolute Gasteiger partial charge is 0.381 e. The van der Waals surface area contributed by atoms with Gasteiger partial charge < -0.3 is 4.74 Å². The minimum absolute atomic E-state index is 0.0694. The van der Waals surface area contributed by atoms with Gasteiger partial charge in [-0.1, -0.05) is 0 Å². The highest BCUT2D eigenvalue weighted by atomic mass is 32.2. The van der Waals surface area contributed by atoms with E-state index in [0.29, 0.717) is 25.8 Å². The van der Waals surface area contributed by atoms with Crippen molar-refractivity contribution in [1.29, 1.82) is 0 Å². The van der Waals surface area contributed by atoms with Gasteiger partial charge in [0.2, 0.25) is 10.0 Å². The Labute approximate surface area is 122 Å². The Bertz CT molecular complexity index is 625. The van der Waals surface area contributed by atoms with Crippen LogP contribution >= 0.6 is 0 Å². The molecule has 1 aromatic rings. The molecule has 1 atom stereocenters. The fourth-order valence-corrected chi connectivity index (χ4v) is 4.41. The highest BCUT2D eigenvalue weighted by Gasteiger charge is 2.40. The number of benzene rings is 1. The van der Waals surface area contributed by atoms with Crippen molar-refractivity contribution in [2.75, 3.05) is 19.8 Å². The van der Waals surface area contributed by atoms with Crippen molar-refractivity contribution in [3.05, 3.63) is 29.8 Å². The van der Waals surface area contributed by atoms with Crippen LogP contribution in [0, 0.1) is 17.6 Å². The quantitative estimate of drug-likeness (QED) is 0.836. The van der Waals surface area contributed by atoms with E-state index in [1.807, 2.05) is 0 Å². The van der Waals surface area contributed by atoms with E-state index in [-0.39, 0.29) is 12.0 Å². The maximum Gasteiger partial charge on any atom is 0.246 e. The highest BCUT2D eigenvalue weighted by Crippen LogP contribution is 2.34. The summed E-state index contributed by atoms with van der Waals surface area (Å²) in [6.07, 6.45) is 2.38. The van der Waals surface area contributed by atoms with Crippen LogP contribution in [0.3, 0.4) is 0 Å². The lowest BCUT2D eigenvalue weighted by atomic mass is 10.1. The standard InChI is InChI=1S/C14H17F2NO3S/c15-11-1-4-14(13(16)7-11)21(18,19)17(12-2-3-12)8-10-5-6-20-9-10/h1,4,7,10,12H,2-3,5-6,8-9H2. The highest BCUT2D eigenvalue weighted by molar-refractivity contribution is 7.89. The molecule has 1 aliphatic heterocycles. The van der Waals surface area contributed by atoms with Gasteiger partial charge in [-0.3, -0.25) is 0 Å². The first-order chi connectivity index (χ1) is 9.98. The van der Waals surface area contributed by atoms with Gasteiger partial charge in [0.05, 0.1) is 6.61 Å². The van der Waals surface area contributed by atoms with E-state index < -0.39 is 26.6 Å². The van der Waals surface area contributed by atoms with E-state index in [1.54, 1.807) is 0 Å². The summed E-state index contributed by atoms with van der Waals surface area (Å²) in [6, 6.07) is 2.51. The topological polar surface area (TPSA) is 46.6 Å². The van der Waals surface area contributed by atoms with Crippen LogP contribution in [-0.4, -0.2) is 38.5 Å². The first-order valence-electron chi connectivity index (χ1n) is 7.03. The predicted octanol–water partition coefficient (Wildman–Crippen LogP) is 2.15. The summed E-state index contributed by atoms with van der Waals surface area (Å²) >= 11 is 0. The molecule has 1 unspecified atom stereocenters. The summed E-state index contributed by atoms with van der Waals surface area (Å²) in [5.74, 6) is -1.68. The molecule has 116 valence electrons. The first-order valence-corrected chi connectivity index (χ1v) is 8.47. The maximum absolute atomic E-state index is 13.8. The summed E-state index contributed by atoms with van der Waals surface area (Å²) in [4.78, 5) is -0.449. The van der Waals surface area contributed by atoms with E-state index in [1.165, 1.54) is 4.31 Å². The zero-order valence-electron chi connectivity index (χ0n) is 11.5. The van der Waals surface area contributed by atoms with Crippen molar-refractivity contribution in [3.63, 3.8) is 0 Å². The summed E-state index contributed by atoms with van der Waals surface area (Å²) < 4.78 is 58.8. The van der Waals surface area contributed by atoms with E-state index in [4.69, 9.17) is 4.74 Å². The third-order valence-electron chi connectivity index (χ3n) is 3.90. The molecule has 21 heavy (non-hydrogen) atoms. The van der Waals surface area contributed by atoms with Crippen LogP contribution in [0.1, 0.15) is 19.3 Å². The lowest BCUT2D eigenvalue weighted by Crippen LogP contribution is -2.37. The average molecular weight is 317 g/mol. The van der Waals surface area contributed by atoms with Gasteiger partial charge in [0.15, 0.2) is 0 Å². The normalized spacial score (nSPS) is 22.9. The number of ether oxygens (including phenoxy) is 1. The second-order valence-corrected chi connectivity index (χ2v) is 7.47. The van der Waals surface area contributed by atoms with Crippen molar-refractivity contribution < 1.29 is 21.9 Å². The fourth-order valence-electron chi connectivity index (χ4n) is 2.60. The third-order valence-corrected chi connectivity index (χ3v) is 5.85. The fraction of sp³-hybridized carbons (Fsp3) is 0.571. The van der Waals surface area contributed by atoms with Crippen molar-refractivity contribution in [2.45, 2.75) is 30.2 Å². The number of hydrogen-bond donors (Lipinski definition) is 0. The lowest BCUT2D eigenvalue weighted by Gasteiger charge is -2.24. The van der Waals surface area contributed by atoms with Crippen LogP contribution in [0.5, 0.6) is 0 Å². The summed E-state index contributed by atoms with van der Waals surface area (Å²) in [5.41, 5.74) is 0. The van der Waals surface area contributed by atoms with Gasteiger partial charge in [0, 0.05) is 25.3 Å². The van der Waals surface area contributed by atoms with Gasteiger partial charge in [-0.2, -0.15) is 4.31 Å². The molecule has 1 saturated heterocycles. The lowest BCUT2D eigenvalue weighted by molar-refractivity contribution is 0.180. The van der Waals surface area contributed by atoms with Crippen LogP contribution < -0.4 is 0 Å². The molecule has 0 aromatic heterocycles. The van der Waals surface area contributed by atoms with Crippen molar-refractivity contribution in [3.8, 4) is 0 Å². The van der Waals surface area contributed by atoms with Gasteiger partial charge in [0.1, 0.15) is 16.5 Å². The van der Waals surface area contributed by atoms with Crippen LogP contribution in [0.2, 0.25) is 0 Å². The third kappa shape index (κ3) is 3.09. The molecule has 0 radical (unpaired) electrons. The second-order valence-electron chi connectivity index (χ2n) is 5.61. The van der Waals surface area contributed by atoms with Gasteiger partial charge in [-0.15, -0.1) is 0 Å². The maximum atomic E-state index is 13.8. The van der Waals surface area contributed by atoms with Crippen molar-refractivity contribution >= 4 is 10.0 Å². The molecule has 4 nitrogen and oxygen atoms in total. The molecule has 2 fully saturated rings. The Kier molecular flexibility index (Phi) is 3.98. The molecule has 3 rings (SSSR count). The molecule has 1 aliphatic carbocycles. The molecular formula is C14H17F2NO3S. The smallest absolute Gasteiger partial charge is 0.246 e. The Morgan fingerprint density at radius 1 is 1.24 bits per heavy atom. The average Bonchev–Trinajstić information content (AvgIpc) is 3.11. The molecule has 1 aromatic carbocycles. The molecule has 0 N–H and O–H groups in total. The van der Waals surface area contributed by atoms with Crippen LogP contribution in [0.15, 0.2) is 23.1 Å². The van der Waals surface area contributed by atoms with Crippen LogP contribution in [0.4, 0.5) is 8.78 Å². The number of nitrogens with zero attached hydrogens (tertiary/aromatic N) is 1. The number of rotatable bonds is 5. The Hall–Kier alpha value is -1.05. The molecule has 0 amide bonds. The van der Waals surface area contributed by atoms with E-state index >= 15 is 0 Å². The van der Waals surface area contributed by atoms with Crippen molar-refractivity contribution in [1.82, 2.24) is 4.31 Å². The van der Waals surface area contributed by atoms with Gasteiger partial charge in [-0.25, -0.2) is 17.2 Å². The molecule has 1 saturated carbocycles. The van der Waals surface area contributed by atoms with E-state index in [9.17, 15) is 17.2 Å². The second kappa shape index (κ2) is 5.62. The molecule has 1 heterocycles. The Morgan fingerprint density at radius 3 is 2.57 bits per heavy atom. The summed E-state index contributed by atoms with van der Waals surface area (Å²) in [5, 5.41) is 0. The molecule has 0 bridgehead atoms. The monoisotopic (exact) mass is 317 g/mol. The van der Waals surface area contributed by atoms with E-state index in [0.717, 1.165) is 31.4 Å². The zero-order chi connectivity index (χ0) is 15.0. The number of halogens is 2. The number of sulfonamides is 1. The number of hydrogen-bond acceptors (Lipinski definition) is 3. The SMILES string of the molecule is O=S(=O)(c1ccc(F)cc1F)N(CC1CCOC1)C1CC1. The zero-order valence-corrected chi connectivity index (χ0v) is 12.3. The molecule has 7 heteroatoms. The minimum Gasteiger partial charge on any atom is -0.381 e. The molecule has 0 spiro atoms. The Balaban J connectivity index is 1.89. The minimum atomic E-state index is -3.94.